The summed E-state index contributed by atoms with van der Waals surface area (Å²) in [7, 11) is 0. The van der Waals surface area contributed by atoms with Crippen LogP contribution in [0.25, 0.3) is 0 Å². The summed E-state index contributed by atoms with van der Waals surface area (Å²) in [5.74, 6) is 1.20. The smallest absolute Gasteiger partial charge is 0.235 e. The molecule has 5 heteroatoms. The number of aromatic nitrogens is 2. The van der Waals surface area contributed by atoms with Gasteiger partial charge in [0, 0.05) is 24.7 Å². The van der Waals surface area contributed by atoms with Crippen molar-refractivity contribution >= 4 is 5.69 Å². The number of hydrogen-bond donors (Lipinski definition) is 1. The maximum Gasteiger partial charge on any atom is 0.235 e. The molecule has 0 bridgehead atoms. The van der Waals surface area contributed by atoms with Gasteiger partial charge in [0.25, 0.3) is 0 Å². The van der Waals surface area contributed by atoms with Crippen molar-refractivity contribution in [1.29, 1.82) is 0 Å². The van der Waals surface area contributed by atoms with Gasteiger partial charge in [-0.1, -0.05) is 18.2 Å². The molecule has 2 aromatic rings. The van der Waals surface area contributed by atoms with Crippen LogP contribution < -0.4 is 4.90 Å². The molecule has 0 radical (unpaired) electrons. The minimum absolute atomic E-state index is 0.384. The molecule has 1 atom stereocenters. The number of rotatable bonds is 2. The van der Waals surface area contributed by atoms with Crippen LogP contribution in [0.2, 0.25) is 0 Å². The van der Waals surface area contributed by atoms with Crippen LogP contribution in [0.3, 0.4) is 0 Å². The molecule has 1 aromatic heterocycles. The summed E-state index contributed by atoms with van der Waals surface area (Å²) in [6.45, 7) is 3.26. The lowest BCUT2D eigenvalue weighted by atomic mass is 10.0. The fourth-order valence-electron chi connectivity index (χ4n) is 2.54. The molecule has 1 aliphatic heterocycles. The molecule has 0 fully saturated rings. The summed E-state index contributed by atoms with van der Waals surface area (Å²) in [6.07, 6.45) is 1.35. The van der Waals surface area contributed by atoms with E-state index in [1.807, 2.05) is 24.3 Å². The van der Waals surface area contributed by atoms with Crippen LogP contribution in [0.5, 0.6) is 0 Å². The SMILES string of the molecule is Cc1nnc(CN2CCCC(O)c3ccccc32)o1. The summed E-state index contributed by atoms with van der Waals surface area (Å²) >= 11 is 0. The molecule has 1 unspecified atom stereocenters. The van der Waals surface area contributed by atoms with Crippen LogP contribution in [0.1, 0.15) is 36.3 Å². The van der Waals surface area contributed by atoms with Gasteiger partial charge in [0.2, 0.25) is 11.8 Å². The minimum atomic E-state index is -0.384. The maximum atomic E-state index is 10.2. The van der Waals surface area contributed by atoms with Crippen molar-refractivity contribution < 1.29 is 9.52 Å². The highest BCUT2D eigenvalue weighted by Gasteiger charge is 2.22. The first-order valence-corrected chi connectivity index (χ1v) is 6.55. The second kappa shape index (κ2) is 5.01. The molecule has 3 rings (SSSR count). The van der Waals surface area contributed by atoms with E-state index < -0.39 is 0 Å². The average Bonchev–Trinajstić information content (AvgIpc) is 2.75. The first kappa shape index (κ1) is 12.2. The van der Waals surface area contributed by atoms with Crippen LogP contribution in [0.4, 0.5) is 5.69 Å². The monoisotopic (exact) mass is 259 g/mol. The van der Waals surface area contributed by atoms with E-state index in [1.54, 1.807) is 6.92 Å². The maximum absolute atomic E-state index is 10.2. The largest absolute Gasteiger partial charge is 0.424 e. The Labute approximate surface area is 111 Å². The van der Waals surface area contributed by atoms with Crippen molar-refractivity contribution in [3.63, 3.8) is 0 Å². The highest BCUT2D eigenvalue weighted by Crippen LogP contribution is 2.33. The lowest BCUT2D eigenvalue weighted by Gasteiger charge is -2.23. The number of nitrogens with zero attached hydrogens (tertiary/aromatic N) is 3. The zero-order chi connectivity index (χ0) is 13.2. The topological polar surface area (TPSA) is 62.4 Å². The van der Waals surface area contributed by atoms with Crippen LogP contribution in [-0.2, 0) is 6.54 Å². The van der Waals surface area contributed by atoms with Gasteiger partial charge in [-0.3, -0.25) is 0 Å². The summed E-state index contributed by atoms with van der Waals surface area (Å²) in [4.78, 5) is 2.19. The molecule has 5 nitrogen and oxygen atoms in total. The van der Waals surface area contributed by atoms with Crippen LogP contribution in [-0.4, -0.2) is 21.8 Å². The highest BCUT2D eigenvalue weighted by atomic mass is 16.4. The number of aryl methyl sites for hydroxylation is 1. The molecule has 1 N–H and O–H groups in total. The quantitative estimate of drug-likeness (QED) is 0.896. The standard InChI is InChI=1S/C14H17N3O2/c1-10-15-16-14(19-10)9-17-8-4-7-13(18)11-5-2-3-6-12(11)17/h2-3,5-6,13,18H,4,7-9H2,1H3. The second-order valence-corrected chi connectivity index (χ2v) is 4.85. The third kappa shape index (κ3) is 2.46. The molecule has 100 valence electrons. The summed E-state index contributed by atoms with van der Waals surface area (Å²) in [5, 5.41) is 18.0. The molecule has 0 amide bonds. The second-order valence-electron chi connectivity index (χ2n) is 4.85. The first-order valence-electron chi connectivity index (χ1n) is 6.55. The van der Waals surface area contributed by atoms with Gasteiger partial charge in [-0.15, -0.1) is 10.2 Å². The Morgan fingerprint density at radius 2 is 2.21 bits per heavy atom. The van der Waals surface area contributed by atoms with Crippen molar-refractivity contribution in [2.24, 2.45) is 0 Å². The van der Waals surface area contributed by atoms with E-state index >= 15 is 0 Å². The number of fused-ring (bicyclic) bond motifs is 1. The third-order valence-electron chi connectivity index (χ3n) is 3.44. The van der Waals surface area contributed by atoms with Gasteiger partial charge in [-0.25, -0.2) is 0 Å². The van der Waals surface area contributed by atoms with Gasteiger partial charge < -0.3 is 14.4 Å². The van der Waals surface area contributed by atoms with Crippen LogP contribution in [0, 0.1) is 6.92 Å². The van der Waals surface area contributed by atoms with Gasteiger partial charge in [0.05, 0.1) is 12.6 Å². The Bertz CT molecular complexity index is 567. The van der Waals surface area contributed by atoms with Crippen molar-refractivity contribution in [1.82, 2.24) is 10.2 Å². The summed E-state index contributed by atoms with van der Waals surface area (Å²) in [6, 6.07) is 7.97. The Hall–Kier alpha value is -1.88. The number of benzene rings is 1. The minimum Gasteiger partial charge on any atom is -0.424 e. The number of anilines is 1. The van der Waals surface area contributed by atoms with E-state index in [9.17, 15) is 5.11 Å². The van der Waals surface area contributed by atoms with E-state index in [1.165, 1.54) is 0 Å². The number of para-hydroxylation sites is 1. The van der Waals surface area contributed by atoms with Gasteiger partial charge in [0.15, 0.2) is 0 Å². The zero-order valence-corrected chi connectivity index (χ0v) is 10.9. The summed E-state index contributed by atoms with van der Waals surface area (Å²) in [5.41, 5.74) is 2.04. The van der Waals surface area contributed by atoms with Gasteiger partial charge >= 0.3 is 0 Å². The number of aliphatic hydroxyl groups is 1. The summed E-state index contributed by atoms with van der Waals surface area (Å²) < 4.78 is 5.44. The van der Waals surface area contributed by atoms with Crippen molar-refractivity contribution in [2.45, 2.75) is 32.4 Å². The molecule has 1 aliphatic rings. The molecular weight excluding hydrogens is 242 g/mol. The fraction of sp³-hybridized carbons (Fsp3) is 0.429. The normalized spacial score (nSPS) is 19.1. The predicted molar refractivity (Wildman–Crippen MR) is 70.7 cm³/mol. The van der Waals surface area contributed by atoms with E-state index in [-0.39, 0.29) is 6.10 Å². The van der Waals surface area contributed by atoms with Crippen LogP contribution in [0.15, 0.2) is 28.7 Å². The van der Waals surface area contributed by atoms with E-state index in [2.05, 4.69) is 15.1 Å². The van der Waals surface area contributed by atoms with Gasteiger partial charge in [-0.2, -0.15) is 0 Å². The molecule has 19 heavy (non-hydrogen) atoms. The Kier molecular flexibility index (Phi) is 3.21. The molecule has 0 aliphatic carbocycles. The Morgan fingerprint density at radius 1 is 1.37 bits per heavy atom. The van der Waals surface area contributed by atoms with Crippen molar-refractivity contribution in [2.75, 3.05) is 11.4 Å². The van der Waals surface area contributed by atoms with Gasteiger partial charge in [-0.05, 0) is 18.9 Å². The fourth-order valence-corrected chi connectivity index (χ4v) is 2.54. The van der Waals surface area contributed by atoms with E-state index in [4.69, 9.17) is 4.42 Å². The molecular formula is C14H17N3O2. The van der Waals surface area contributed by atoms with E-state index in [0.717, 1.165) is 30.6 Å². The Morgan fingerprint density at radius 3 is 3.00 bits per heavy atom. The lowest BCUT2D eigenvalue weighted by molar-refractivity contribution is 0.168. The van der Waals surface area contributed by atoms with E-state index in [0.29, 0.717) is 18.3 Å². The molecule has 0 saturated carbocycles. The first-order chi connectivity index (χ1) is 9.24. The highest BCUT2D eigenvalue weighted by molar-refractivity contribution is 5.55. The van der Waals surface area contributed by atoms with Crippen LogP contribution >= 0.6 is 0 Å². The van der Waals surface area contributed by atoms with Crippen molar-refractivity contribution in [3.05, 3.63) is 41.6 Å². The number of aliphatic hydroxyl groups excluding tert-OH is 1. The Balaban J connectivity index is 1.91. The zero-order valence-electron chi connectivity index (χ0n) is 10.9. The van der Waals surface area contributed by atoms with Crippen molar-refractivity contribution in [3.8, 4) is 0 Å². The average molecular weight is 259 g/mol. The third-order valence-corrected chi connectivity index (χ3v) is 3.44. The number of hydrogen-bond acceptors (Lipinski definition) is 5. The molecule has 2 heterocycles. The lowest BCUT2D eigenvalue weighted by Crippen LogP contribution is -2.23. The predicted octanol–water partition coefficient (Wildman–Crippen LogP) is 2.21. The molecule has 1 aromatic carbocycles. The molecule has 0 spiro atoms. The van der Waals surface area contributed by atoms with Gasteiger partial charge in [0.1, 0.15) is 0 Å². The molecule has 0 saturated heterocycles.